The molecule has 0 aromatic heterocycles. The third kappa shape index (κ3) is 3.71. The molecule has 5 heteroatoms. The van der Waals surface area contributed by atoms with Gasteiger partial charge in [-0.2, -0.15) is 0 Å². The first kappa shape index (κ1) is 17.9. The molecule has 1 aromatic rings. The largest absolute Gasteiger partial charge is 0.481 e. The highest BCUT2D eigenvalue weighted by molar-refractivity contribution is 5.89. The molecule has 1 saturated heterocycles. The van der Waals surface area contributed by atoms with Crippen molar-refractivity contribution in [3.8, 4) is 0 Å². The molecule has 2 fully saturated rings. The molecule has 0 atom stereocenters. The van der Waals surface area contributed by atoms with Gasteiger partial charge in [-0.25, -0.2) is 0 Å². The average Bonchev–Trinajstić information content (AvgIpc) is 2.63. The first-order valence-electron chi connectivity index (χ1n) is 9.20. The summed E-state index contributed by atoms with van der Waals surface area (Å²) in [6, 6.07) is 8.17. The lowest BCUT2D eigenvalue weighted by Gasteiger charge is -2.39. The van der Waals surface area contributed by atoms with E-state index in [1.54, 1.807) is 0 Å². The number of benzene rings is 1. The van der Waals surface area contributed by atoms with E-state index >= 15 is 0 Å². The average molecular weight is 345 g/mol. The van der Waals surface area contributed by atoms with E-state index in [9.17, 15) is 9.59 Å². The Bertz CT molecular complexity index is 628. The van der Waals surface area contributed by atoms with Crippen molar-refractivity contribution in [2.75, 3.05) is 13.2 Å². The van der Waals surface area contributed by atoms with Crippen LogP contribution in [-0.4, -0.2) is 36.2 Å². The van der Waals surface area contributed by atoms with Gasteiger partial charge in [-0.15, -0.1) is 0 Å². The Labute approximate surface area is 148 Å². The van der Waals surface area contributed by atoms with Gasteiger partial charge < -0.3 is 15.2 Å². The van der Waals surface area contributed by atoms with E-state index in [-0.39, 0.29) is 17.9 Å². The highest BCUT2D eigenvalue weighted by atomic mass is 16.5. The Morgan fingerprint density at radius 2 is 1.76 bits per heavy atom. The van der Waals surface area contributed by atoms with Crippen LogP contribution in [0.25, 0.3) is 0 Å². The lowest BCUT2D eigenvalue weighted by atomic mass is 9.71. The number of carboxylic acid groups (broad SMARTS) is 1. The van der Waals surface area contributed by atoms with Crippen LogP contribution in [0.3, 0.4) is 0 Å². The normalized spacial score (nSPS) is 26.0. The molecule has 1 aromatic carbocycles. The van der Waals surface area contributed by atoms with Crippen LogP contribution in [0.4, 0.5) is 0 Å². The molecule has 0 unspecified atom stereocenters. The van der Waals surface area contributed by atoms with Crippen molar-refractivity contribution in [1.29, 1.82) is 0 Å². The van der Waals surface area contributed by atoms with Crippen LogP contribution < -0.4 is 5.32 Å². The van der Waals surface area contributed by atoms with Crippen LogP contribution in [0.1, 0.15) is 49.7 Å². The maximum Gasteiger partial charge on any atom is 0.306 e. The fraction of sp³-hybridized carbons (Fsp3) is 0.600. The molecule has 2 aliphatic rings. The zero-order chi connectivity index (χ0) is 17.9. The van der Waals surface area contributed by atoms with E-state index in [1.807, 2.05) is 12.1 Å². The van der Waals surface area contributed by atoms with E-state index in [0.717, 1.165) is 24.0 Å². The molecular formula is C20H27NO4. The monoisotopic (exact) mass is 345 g/mol. The third-order valence-electron chi connectivity index (χ3n) is 5.85. The van der Waals surface area contributed by atoms with Crippen molar-refractivity contribution in [2.45, 2.75) is 56.9 Å². The van der Waals surface area contributed by atoms with Crippen molar-refractivity contribution in [1.82, 2.24) is 5.32 Å². The van der Waals surface area contributed by atoms with Gasteiger partial charge >= 0.3 is 5.97 Å². The second-order valence-electron chi connectivity index (χ2n) is 7.37. The van der Waals surface area contributed by atoms with E-state index in [2.05, 4.69) is 24.4 Å². The maximum atomic E-state index is 13.3. The summed E-state index contributed by atoms with van der Waals surface area (Å²) in [5.74, 6) is -0.906. The molecule has 2 N–H and O–H groups in total. The van der Waals surface area contributed by atoms with Crippen LogP contribution in [0.15, 0.2) is 24.3 Å². The van der Waals surface area contributed by atoms with Crippen LogP contribution in [0.2, 0.25) is 0 Å². The van der Waals surface area contributed by atoms with E-state index in [4.69, 9.17) is 9.84 Å². The van der Waals surface area contributed by atoms with Gasteiger partial charge in [0.15, 0.2) is 0 Å². The second kappa shape index (κ2) is 7.56. The highest BCUT2D eigenvalue weighted by Gasteiger charge is 2.43. The van der Waals surface area contributed by atoms with Gasteiger partial charge in [-0.1, -0.05) is 24.3 Å². The van der Waals surface area contributed by atoms with Gasteiger partial charge in [0.1, 0.15) is 0 Å². The Morgan fingerprint density at radius 3 is 2.36 bits per heavy atom. The van der Waals surface area contributed by atoms with Gasteiger partial charge in [-0.05, 0) is 56.6 Å². The lowest BCUT2D eigenvalue weighted by Crippen LogP contribution is -2.52. The van der Waals surface area contributed by atoms with Crippen molar-refractivity contribution >= 4 is 11.9 Å². The summed E-state index contributed by atoms with van der Waals surface area (Å²) in [5, 5.41) is 12.4. The number of amides is 1. The molecule has 1 heterocycles. The van der Waals surface area contributed by atoms with Gasteiger partial charge in [0.05, 0.1) is 11.3 Å². The lowest BCUT2D eigenvalue weighted by molar-refractivity contribution is -0.142. The number of carbonyl (C=O) groups excluding carboxylic acids is 1. The van der Waals surface area contributed by atoms with Gasteiger partial charge in [0.2, 0.25) is 5.91 Å². The predicted molar refractivity (Wildman–Crippen MR) is 94.4 cm³/mol. The molecule has 1 aliphatic heterocycles. The number of hydrogen-bond donors (Lipinski definition) is 2. The molecule has 25 heavy (non-hydrogen) atoms. The van der Waals surface area contributed by atoms with Crippen LogP contribution in [0, 0.1) is 12.8 Å². The quantitative estimate of drug-likeness (QED) is 0.880. The minimum absolute atomic E-state index is 0.0730. The van der Waals surface area contributed by atoms with Crippen LogP contribution in [0.5, 0.6) is 0 Å². The van der Waals surface area contributed by atoms with Crippen molar-refractivity contribution < 1.29 is 19.4 Å². The number of hydrogen-bond acceptors (Lipinski definition) is 3. The summed E-state index contributed by atoms with van der Waals surface area (Å²) < 4.78 is 5.52. The molecule has 1 saturated carbocycles. The number of rotatable bonds is 4. The standard InChI is InChI=1S/C20H27NO4/c1-14-4-2-3-5-17(14)20(10-12-25-13-11-20)19(24)21-16-8-6-15(7-9-16)18(22)23/h2-5,15-16H,6-13H2,1H3,(H,21,24)(H,22,23). The maximum absolute atomic E-state index is 13.3. The zero-order valence-corrected chi connectivity index (χ0v) is 14.8. The zero-order valence-electron chi connectivity index (χ0n) is 14.8. The Morgan fingerprint density at radius 1 is 1.12 bits per heavy atom. The second-order valence-corrected chi connectivity index (χ2v) is 7.37. The first-order valence-corrected chi connectivity index (χ1v) is 9.20. The Hall–Kier alpha value is -1.88. The summed E-state index contributed by atoms with van der Waals surface area (Å²) in [6.07, 6.45) is 4.13. The van der Waals surface area contributed by atoms with E-state index < -0.39 is 11.4 Å². The van der Waals surface area contributed by atoms with E-state index in [0.29, 0.717) is 38.9 Å². The minimum atomic E-state index is -0.717. The first-order chi connectivity index (χ1) is 12.0. The van der Waals surface area contributed by atoms with Gasteiger partial charge in [-0.3, -0.25) is 9.59 Å². The summed E-state index contributed by atoms with van der Waals surface area (Å²) in [4.78, 5) is 24.4. The minimum Gasteiger partial charge on any atom is -0.481 e. The van der Waals surface area contributed by atoms with E-state index in [1.165, 1.54) is 0 Å². The predicted octanol–water partition coefficient (Wildman–Crippen LogP) is 2.80. The highest BCUT2D eigenvalue weighted by Crippen LogP contribution is 2.37. The summed E-state index contributed by atoms with van der Waals surface area (Å²) in [5.41, 5.74) is 1.69. The molecule has 5 nitrogen and oxygen atoms in total. The third-order valence-corrected chi connectivity index (χ3v) is 5.85. The number of carboxylic acids is 1. The summed E-state index contributed by atoms with van der Waals surface area (Å²) in [6.45, 7) is 3.24. The SMILES string of the molecule is Cc1ccccc1C1(C(=O)NC2CCC(C(=O)O)CC2)CCOCC1. The van der Waals surface area contributed by atoms with Crippen LogP contribution >= 0.6 is 0 Å². The van der Waals surface area contributed by atoms with Crippen LogP contribution in [-0.2, 0) is 19.7 Å². The molecule has 1 amide bonds. The van der Waals surface area contributed by atoms with Gasteiger partial charge in [0.25, 0.3) is 0 Å². The molecule has 136 valence electrons. The molecule has 0 spiro atoms. The fourth-order valence-corrected chi connectivity index (χ4v) is 4.26. The molecular weight excluding hydrogens is 318 g/mol. The van der Waals surface area contributed by atoms with Gasteiger partial charge in [0, 0.05) is 19.3 Å². The molecule has 0 radical (unpaired) electrons. The topological polar surface area (TPSA) is 75.6 Å². The fourth-order valence-electron chi connectivity index (χ4n) is 4.26. The number of nitrogens with one attached hydrogen (secondary N) is 1. The van der Waals surface area contributed by atoms with Crippen molar-refractivity contribution in [3.05, 3.63) is 35.4 Å². The number of carbonyl (C=O) groups is 2. The Kier molecular flexibility index (Phi) is 5.42. The number of aliphatic carboxylic acids is 1. The molecule has 3 rings (SSSR count). The molecule has 1 aliphatic carbocycles. The summed E-state index contributed by atoms with van der Waals surface area (Å²) >= 11 is 0. The molecule has 0 bridgehead atoms. The Balaban J connectivity index is 1.75. The van der Waals surface area contributed by atoms with Crippen molar-refractivity contribution in [2.24, 2.45) is 5.92 Å². The summed E-state index contributed by atoms with van der Waals surface area (Å²) in [7, 11) is 0. The van der Waals surface area contributed by atoms with Crippen molar-refractivity contribution in [3.63, 3.8) is 0 Å². The number of ether oxygens (including phenoxy) is 1. The number of aryl methyl sites for hydroxylation is 1. The smallest absolute Gasteiger partial charge is 0.306 e.